The predicted molar refractivity (Wildman–Crippen MR) is 121 cm³/mol. The van der Waals surface area contributed by atoms with Crippen molar-refractivity contribution in [1.82, 2.24) is 10.2 Å². The summed E-state index contributed by atoms with van der Waals surface area (Å²) in [4.78, 5) is 15.9. The Morgan fingerprint density at radius 3 is 2.20 bits per heavy atom. The molecule has 152 valence electrons. The van der Waals surface area contributed by atoms with E-state index in [2.05, 4.69) is 76.9 Å². The molecule has 1 heterocycles. The Hall–Kier alpha value is -2.91. The van der Waals surface area contributed by atoms with E-state index in [1.54, 1.807) is 0 Å². The van der Waals surface area contributed by atoms with Crippen LogP contribution in [0.4, 0.5) is 0 Å². The average molecular weight is 397 g/mol. The van der Waals surface area contributed by atoms with Gasteiger partial charge in [0.15, 0.2) is 0 Å². The van der Waals surface area contributed by atoms with Gasteiger partial charge in [0, 0.05) is 25.7 Å². The van der Waals surface area contributed by atoms with Crippen LogP contribution in [0.5, 0.6) is 0 Å². The normalized spacial score (nSPS) is 18.6. The van der Waals surface area contributed by atoms with Crippen LogP contribution in [0.3, 0.4) is 0 Å². The predicted octanol–water partition coefficient (Wildman–Crippen LogP) is 4.16. The van der Waals surface area contributed by atoms with E-state index in [1.807, 2.05) is 12.1 Å². The molecular formula is C27H28N2O. The van der Waals surface area contributed by atoms with Crippen LogP contribution < -0.4 is 5.32 Å². The number of hydrogen-bond acceptors (Lipinski definition) is 2. The zero-order valence-corrected chi connectivity index (χ0v) is 17.3. The number of likely N-dealkylation sites (tertiary alicyclic amines) is 1. The molecule has 5 rings (SSSR count). The molecule has 0 spiro atoms. The van der Waals surface area contributed by atoms with Crippen LogP contribution in [0.15, 0.2) is 78.9 Å². The molecule has 0 radical (unpaired) electrons. The van der Waals surface area contributed by atoms with Gasteiger partial charge >= 0.3 is 0 Å². The van der Waals surface area contributed by atoms with Gasteiger partial charge in [0.1, 0.15) is 0 Å². The zero-order valence-electron chi connectivity index (χ0n) is 17.3. The van der Waals surface area contributed by atoms with Crippen molar-refractivity contribution < 1.29 is 4.79 Å². The minimum Gasteiger partial charge on any atom is -0.351 e. The smallest absolute Gasteiger partial charge is 0.232 e. The topological polar surface area (TPSA) is 32.3 Å². The molecule has 1 N–H and O–H groups in total. The third kappa shape index (κ3) is 3.90. The minimum absolute atomic E-state index is 0.143. The number of rotatable bonds is 5. The fourth-order valence-electron chi connectivity index (χ4n) is 4.98. The highest BCUT2D eigenvalue weighted by atomic mass is 16.2. The number of nitrogens with one attached hydrogen (secondary N) is 1. The maximum atomic E-state index is 13.4. The highest BCUT2D eigenvalue weighted by molar-refractivity contribution is 5.89. The molecule has 1 amide bonds. The van der Waals surface area contributed by atoms with Crippen molar-refractivity contribution in [3.05, 3.63) is 107 Å². The van der Waals surface area contributed by atoms with Gasteiger partial charge in [0.2, 0.25) is 5.91 Å². The van der Waals surface area contributed by atoms with Crippen molar-refractivity contribution >= 4 is 5.91 Å². The molecule has 1 atom stereocenters. The number of nitrogens with zero attached hydrogens (tertiary/aromatic N) is 1. The monoisotopic (exact) mass is 396 g/mol. The highest BCUT2D eigenvalue weighted by Crippen LogP contribution is 2.36. The van der Waals surface area contributed by atoms with E-state index in [0.717, 1.165) is 50.0 Å². The first-order valence-electron chi connectivity index (χ1n) is 11.0. The van der Waals surface area contributed by atoms with Gasteiger partial charge in [-0.15, -0.1) is 0 Å². The second-order valence-corrected chi connectivity index (χ2v) is 8.54. The van der Waals surface area contributed by atoms with Crippen LogP contribution in [-0.2, 0) is 17.6 Å². The van der Waals surface area contributed by atoms with Gasteiger partial charge < -0.3 is 10.2 Å². The molecule has 3 heteroatoms. The van der Waals surface area contributed by atoms with Gasteiger partial charge in [-0.1, -0.05) is 78.9 Å². The molecule has 1 aliphatic heterocycles. The summed E-state index contributed by atoms with van der Waals surface area (Å²) >= 11 is 0. The number of carbonyl (C=O) groups is 1. The third-order valence-electron chi connectivity index (χ3n) is 6.55. The van der Waals surface area contributed by atoms with Gasteiger partial charge in [-0.05, 0) is 47.1 Å². The van der Waals surface area contributed by atoms with Crippen LogP contribution in [0.2, 0.25) is 0 Å². The Bertz CT molecular complexity index is 984. The first-order chi connectivity index (χ1) is 14.8. The Labute approximate surface area is 178 Å². The minimum atomic E-state index is -0.204. The summed E-state index contributed by atoms with van der Waals surface area (Å²) in [6, 6.07) is 27.7. The maximum absolute atomic E-state index is 13.4. The van der Waals surface area contributed by atoms with Crippen LogP contribution in [0.25, 0.3) is 0 Å². The molecule has 2 aliphatic rings. The van der Waals surface area contributed by atoms with E-state index in [0.29, 0.717) is 0 Å². The van der Waals surface area contributed by atoms with E-state index >= 15 is 0 Å². The van der Waals surface area contributed by atoms with Gasteiger partial charge in [-0.25, -0.2) is 0 Å². The molecule has 3 aromatic carbocycles. The van der Waals surface area contributed by atoms with E-state index in [-0.39, 0.29) is 17.9 Å². The van der Waals surface area contributed by atoms with Crippen molar-refractivity contribution in [2.24, 2.45) is 0 Å². The second kappa shape index (κ2) is 8.45. The Morgan fingerprint density at radius 2 is 1.50 bits per heavy atom. The van der Waals surface area contributed by atoms with Gasteiger partial charge in [0.05, 0.1) is 5.92 Å². The van der Waals surface area contributed by atoms with Crippen LogP contribution in [-0.4, -0.2) is 36.5 Å². The lowest BCUT2D eigenvalue weighted by Gasteiger charge is -2.28. The quantitative estimate of drug-likeness (QED) is 0.702. The summed E-state index contributed by atoms with van der Waals surface area (Å²) in [6.45, 7) is 3.04. The lowest BCUT2D eigenvalue weighted by Crippen LogP contribution is -2.41. The molecule has 1 saturated heterocycles. The number of carbonyl (C=O) groups excluding carboxylic acids is 1. The van der Waals surface area contributed by atoms with Gasteiger partial charge in [0.25, 0.3) is 0 Å². The third-order valence-corrected chi connectivity index (χ3v) is 6.55. The Balaban J connectivity index is 1.26. The van der Waals surface area contributed by atoms with Gasteiger partial charge in [-0.3, -0.25) is 4.79 Å². The molecule has 0 bridgehead atoms. The summed E-state index contributed by atoms with van der Waals surface area (Å²) in [6.07, 6.45) is 2.99. The molecule has 3 nitrogen and oxygen atoms in total. The van der Waals surface area contributed by atoms with Crippen molar-refractivity contribution in [2.75, 3.05) is 19.6 Å². The van der Waals surface area contributed by atoms with Crippen LogP contribution >= 0.6 is 0 Å². The fraction of sp³-hybridized carbons (Fsp3) is 0.296. The van der Waals surface area contributed by atoms with E-state index in [9.17, 15) is 4.79 Å². The van der Waals surface area contributed by atoms with Crippen LogP contribution in [0.1, 0.15) is 40.2 Å². The lowest BCUT2D eigenvalue weighted by molar-refractivity contribution is -0.122. The molecular weight excluding hydrogens is 368 g/mol. The highest BCUT2D eigenvalue weighted by Gasteiger charge is 2.33. The fourth-order valence-corrected chi connectivity index (χ4v) is 4.98. The summed E-state index contributed by atoms with van der Waals surface area (Å²) in [5.74, 6) is -0.0611. The maximum Gasteiger partial charge on any atom is 0.232 e. The first-order valence-corrected chi connectivity index (χ1v) is 11.0. The zero-order chi connectivity index (χ0) is 20.3. The van der Waals surface area contributed by atoms with Crippen LogP contribution in [0, 0.1) is 0 Å². The van der Waals surface area contributed by atoms with Gasteiger partial charge in [-0.2, -0.15) is 0 Å². The summed E-state index contributed by atoms with van der Waals surface area (Å²) in [5.41, 5.74) is 6.24. The SMILES string of the molecule is O=C(N[C@H]1CCN(CCc2ccccc2)C1)C1c2ccccc2Cc2ccccc21. The second-order valence-electron chi connectivity index (χ2n) is 8.54. The number of benzene rings is 3. The molecule has 3 aromatic rings. The number of fused-ring (bicyclic) bond motifs is 2. The molecule has 0 aromatic heterocycles. The van der Waals surface area contributed by atoms with Crippen molar-refractivity contribution in [2.45, 2.75) is 31.2 Å². The molecule has 0 saturated carbocycles. The molecule has 30 heavy (non-hydrogen) atoms. The standard InChI is InChI=1S/C27H28N2O/c30-27(28-23-15-17-29(19-23)16-14-20-8-2-1-3-9-20)26-24-12-6-4-10-21(24)18-22-11-5-7-13-25(22)26/h1-13,23,26H,14-19H2,(H,28,30)/t23-/m0/s1. The van der Waals surface area contributed by atoms with E-state index in [1.165, 1.54) is 16.7 Å². The largest absolute Gasteiger partial charge is 0.351 e. The van der Waals surface area contributed by atoms with Crippen molar-refractivity contribution in [3.8, 4) is 0 Å². The number of amides is 1. The van der Waals surface area contributed by atoms with E-state index < -0.39 is 0 Å². The summed E-state index contributed by atoms with van der Waals surface area (Å²) in [5, 5.41) is 3.38. The first kappa shape index (κ1) is 19.1. The van der Waals surface area contributed by atoms with E-state index in [4.69, 9.17) is 0 Å². The molecule has 1 fully saturated rings. The van der Waals surface area contributed by atoms with Crippen molar-refractivity contribution in [1.29, 1.82) is 0 Å². The summed E-state index contributed by atoms with van der Waals surface area (Å²) < 4.78 is 0. The Kier molecular flexibility index (Phi) is 5.37. The molecule has 1 aliphatic carbocycles. The average Bonchev–Trinajstić information content (AvgIpc) is 3.23. The lowest BCUT2D eigenvalue weighted by atomic mass is 9.77. The molecule has 0 unspecified atom stereocenters. The van der Waals surface area contributed by atoms with Crippen molar-refractivity contribution in [3.63, 3.8) is 0 Å². The summed E-state index contributed by atoms with van der Waals surface area (Å²) in [7, 11) is 0. The number of hydrogen-bond donors (Lipinski definition) is 1. The Morgan fingerprint density at radius 1 is 0.867 bits per heavy atom.